The number of nitrogens with zero attached hydrogens (tertiary/aromatic N) is 2. The molecule has 0 aliphatic carbocycles. The molecule has 4 rings (SSSR count). The first-order valence-corrected chi connectivity index (χ1v) is 10.1. The van der Waals surface area contributed by atoms with Gasteiger partial charge >= 0.3 is 0 Å². The van der Waals surface area contributed by atoms with Gasteiger partial charge in [-0.3, -0.25) is 14.4 Å². The second kappa shape index (κ2) is 8.54. The summed E-state index contributed by atoms with van der Waals surface area (Å²) in [6.45, 7) is 3.27. The van der Waals surface area contributed by atoms with Crippen molar-refractivity contribution in [1.29, 1.82) is 0 Å². The molecule has 3 aromatic rings. The lowest BCUT2D eigenvalue weighted by Gasteiger charge is -2.24. The number of benzene rings is 2. The molecule has 32 heavy (non-hydrogen) atoms. The number of anilines is 3. The van der Waals surface area contributed by atoms with Crippen LogP contribution in [0.25, 0.3) is 11.3 Å². The largest absolute Gasteiger partial charge is 0.497 e. The summed E-state index contributed by atoms with van der Waals surface area (Å²) in [7, 11) is 1.60. The molecule has 3 N–H and O–H groups in total. The molecule has 0 bridgehead atoms. The van der Waals surface area contributed by atoms with Crippen LogP contribution in [-0.2, 0) is 14.4 Å². The fourth-order valence-electron chi connectivity index (χ4n) is 3.67. The van der Waals surface area contributed by atoms with Crippen molar-refractivity contribution in [2.45, 2.75) is 26.3 Å². The van der Waals surface area contributed by atoms with Crippen LogP contribution in [0.2, 0.25) is 0 Å². The molecule has 3 amide bonds. The summed E-state index contributed by atoms with van der Waals surface area (Å²) in [4.78, 5) is 36.7. The van der Waals surface area contributed by atoms with E-state index in [1.165, 1.54) is 6.92 Å². The van der Waals surface area contributed by atoms with Gasteiger partial charge in [-0.2, -0.15) is 5.10 Å². The van der Waals surface area contributed by atoms with E-state index in [4.69, 9.17) is 4.74 Å². The molecule has 9 nitrogen and oxygen atoms in total. The second-order valence-electron chi connectivity index (χ2n) is 7.51. The molecule has 0 radical (unpaired) electrons. The van der Waals surface area contributed by atoms with E-state index in [0.717, 1.165) is 16.9 Å². The third kappa shape index (κ3) is 4.18. The molecule has 0 saturated heterocycles. The van der Waals surface area contributed by atoms with Gasteiger partial charge in [-0.1, -0.05) is 6.07 Å². The Bertz CT molecular complexity index is 1200. The van der Waals surface area contributed by atoms with Crippen molar-refractivity contribution >= 4 is 34.9 Å². The average Bonchev–Trinajstić information content (AvgIpc) is 3.09. The number of ether oxygens (including phenoxy) is 1. The number of fused-ring (bicyclic) bond motifs is 1. The molecule has 0 spiro atoms. The standard InChI is InChI=1S/C23H23N5O4/c1-13-21(15-7-9-18(32-3)10-8-15)27-28-19(12-20(30)26-22(13)28)23(31)25-17-6-4-5-16(11-17)24-14(2)29/h4-11,19H,12H2,1-3H3,(H,24,29)(H,25,31)(H,26,30)/t19-/m0/s1. The van der Waals surface area contributed by atoms with Crippen molar-refractivity contribution in [3.63, 3.8) is 0 Å². The molecule has 164 valence electrons. The van der Waals surface area contributed by atoms with E-state index in [2.05, 4.69) is 21.0 Å². The summed E-state index contributed by atoms with van der Waals surface area (Å²) >= 11 is 0. The van der Waals surface area contributed by atoms with Crippen LogP contribution < -0.4 is 20.7 Å². The van der Waals surface area contributed by atoms with Crippen LogP contribution in [-0.4, -0.2) is 34.6 Å². The minimum absolute atomic E-state index is 0.0343. The Labute approximate surface area is 184 Å². The van der Waals surface area contributed by atoms with Crippen LogP contribution in [0.4, 0.5) is 17.2 Å². The minimum Gasteiger partial charge on any atom is -0.497 e. The average molecular weight is 433 g/mol. The van der Waals surface area contributed by atoms with Crippen molar-refractivity contribution < 1.29 is 19.1 Å². The van der Waals surface area contributed by atoms with Crippen LogP contribution in [0.15, 0.2) is 48.5 Å². The smallest absolute Gasteiger partial charge is 0.249 e. The van der Waals surface area contributed by atoms with E-state index < -0.39 is 6.04 Å². The first-order valence-electron chi connectivity index (χ1n) is 10.1. The Kier molecular flexibility index (Phi) is 5.63. The Morgan fingerprint density at radius 1 is 1.12 bits per heavy atom. The summed E-state index contributed by atoms with van der Waals surface area (Å²) in [6, 6.07) is 13.4. The molecule has 1 atom stereocenters. The molecule has 1 aromatic heterocycles. The fraction of sp³-hybridized carbons (Fsp3) is 0.217. The highest BCUT2D eigenvalue weighted by Gasteiger charge is 2.34. The first-order chi connectivity index (χ1) is 15.4. The lowest BCUT2D eigenvalue weighted by molar-refractivity contribution is -0.125. The monoisotopic (exact) mass is 433 g/mol. The van der Waals surface area contributed by atoms with E-state index in [0.29, 0.717) is 22.9 Å². The zero-order valence-corrected chi connectivity index (χ0v) is 17.9. The number of carbonyl (C=O) groups is 3. The Morgan fingerprint density at radius 2 is 1.81 bits per heavy atom. The molecule has 2 aromatic carbocycles. The van der Waals surface area contributed by atoms with Gasteiger partial charge in [0.25, 0.3) is 0 Å². The van der Waals surface area contributed by atoms with Crippen LogP contribution in [0, 0.1) is 6.92 Å². The van der Waals surface area contributed by atoms with Gasteiger partial charge in [0.15, 0.2) is 0 Å². The maximum Gasteiger partial charge on any atom is 0.249 e. The third-order valence-electron chi connectivity index (χ3n) is 5.20. The quantitative estimate of drug-likeness (QED) is 0.571. The number of amides is 3. The van der Waals surface area contributed by atoms with Crippen LogP contribution in [0.3, 0.4) is 0 Å². The summed E-state index contributed by atoms with van der Waals surface area (Å²) in [6.07, 6.45) is -0.0343. The molecular formula is C23H23N5O4. The van der Waals surface area contributed by atoms with E-state index in [9.17, 15) is 14.4 Å². The molecule has 0 saturated carbocycles. The number of rotatable bonds is 5. The van der Waals surface area contributed by atoms with Gasteiger partial charge in [-0.05, 0) is 49.4 Å². The predicted molar refractivity (Wildman–Crippen MR) is 121 cm³/mol. The number of carbonyl (C=O) groups excluding carboxylic acids is 3. The van der Waals surface area contributed by atoms with E-state index >= 15 is 0 Å². The number of hydrogen-bond acceptors (Lipinski definition) is 5. The minimum atomic E-state index is -0.811. The maximum absolute atomic E-state index is 13.1. The van der Waals surface area contributed by atoms with Crippen molar-refractivity contribution in [3.8, 4) is 17.0 Å². The number of methoxy groups -OCH3 is 1. The number of hydrogen-bond donors (Lipinski definition) is 3. The Balaban J connectivity index is 1.63. The molecule has 0 fully saturated rings. The highest BCUT2D eigenvalue weighted by atomic mass is 16.5. The normalized spacial score (nSPS) is 14.8. The molecule has 0 unspecified atom stereocenters. The van der Waals surface area contributed by atoms with E-state index in [1.54, 1.807) is 36.1 Å². The van der Waals surface area contributed by atoms with Gasteiger partial charge in [0.1, 0.15) is 17.6 Å². The second-order valence-corrected chi connectivity index (χ2v) is 7.51. The molecule has 9 heteroatoms. The predicted octanol–water partition coefficient (Wildman–Crippen LogP) is 3.35. The lowest BCUT2D eigenvalue weighted by atomic mass is 10.1. The number of nitrogens with one attached hydrogen (secondary N) is 3. The molecule has 2 heterocycles. The van der Waals surface area contributed by atoms with Crippen molar-refractivity contribution in [2.75, 3.05) is 23.1 Å². The zero-order valence-electron chi connectivity index (χ0n) is 17.9. The van der Waals surface area contributed by atoms with Gasteiger partial charge in [-0.15, -0.1) is 0 Å². The highest BCUT2D eigenvalue weighted by Crippen LogP contribution is 2.35. The molecule has 1 aliphatic rings. The summed E-state index contributed by atoms with van der Waals surface area (Å²) in [5.41, 5.74) is 3.37. The van der Waals surface area contributed by atoms with E-state index in [1.807, 2.05) is 31.2 Å². The maximum atomic E-state index is 13.1. The Morgan fingerprint density at radius 3 is 2.47 bits per heavy atom. The first kappa shape index (κ1) is 21.1. The van der Waals surface area contributed by atoms with Crippen molar-refractivity contribution in [2.24, 2.45) is 0 Å². The van der Waals surface area contributed by atoms with Crippen LogP contribution in [0.5, 0.6) is 5.75 Å². The highest BCUT2D eigenvalue weighted by molar-refractivity contribution is 6.02. The van der Waals surface area contributed by atoms with Gasteiger partial charge in [-0.25, -0.2) is 4.68 Å². The van der Waals surface area contributed by atoms with E-state index in [-0.39, 0.29) is 24.1 Å². The summed E-state index contributed by atoms with van der Waals surface area (Å²) in [5, 5.41) is 13.0. The topological polar surface area (TPSA) is 114 Å². The number of aromatic nitrogens is 2. The molecule has 1 aliphatic heterocycles. The van der Waals surface area contributed by atoms with Crippen molar-refractivity contribution in [3.05, 3.63) is 54.1 Å². The third-order valence-corrected chi connectivity index (χ3v) is 5.20. The zero-order chi connectivity index (χ0) is 22.8. The van der Waals surface area contributed by atoms with Gasteiger partial charge < -0.3 is 20.7 Å². The molecular weight excluding hydrogens is 410 g/mol. The van der Waals surface area contributed by atoms with Crippen LogP contribution >= 0.6 is 0 Å². The SMILES string of the molecule is COc1ccc(-c2nn3c(c2C)NC(=O)C[C@H]3C(=O)Nc2cccc(NC(C)=O)c2)cc1. The van der Waals surface area contributed by atoms with Gasteiger partial charge in [0, 0.05) is 29.4 Å². The lowest BCUT2D eigenvalue weighted by Crippen LogP contribution is -2.35. The summed E-state index contributed by atoms with van der Waals surface area (Å²) in [5.74, 6) is 0.389. The van der Waals surface area contributed by atoms with Gasteiger partial charge in [0.2, 0.25) is 17.7 Å². The van der Waals surface area contributed by atoms with Crippen LogP contribution in [0.1, 0.15) is 24.9 Å². The van der Waals surface area contributed by atoms with Gasteiger partial charge in [0.05, 0.1) is 19.2 Å². The van der Waals surface area contributed by atoms with Crippen molar-refractivity contribution in [1.82, 2.24) is 9.78 Å². The summed E-state index contributed by atoms with van der Waals surface area (Å²) < 4.78 is 6.77. The Hall–Kier alpha value is -4.14. The fourth-order valence-corrected chi connectivity index (χ4v) is 3.67.